The molecule has 0 spiro atoms. The molecule has 0 saturated heterocycles. The number of furan rings is 1. The molecule has 228 valence electrons. The lowest BCUT2D eigenvalue weighted by molar-refractivity contribution is 0.669. The maximum Gasteiger partial charge on any atom is 0.164 e. The minimum absolute atomic E-state index is 0.0358. The Bertz CT molecular complexity index is 3300. The lowest BCUT2D eigenvalue weighted by Crippen LogP contribution is -2.00. The van der Waals surface area contributed by atoms with Crippen LogP contribution in [0, 0.1) is 0 Å². The van der Waals surface area contributed by atoms with Gasteiger partial charge in [0.15, 0.2) is 17.5 Å². The first-order chi connectivity index (χ1) is 28.4. The summed E-state index contributed by atoms with van der Waals surface area (Å²) < 4.78 is 90.8. The number of nitrogens with zero attached hydrogens (tertiary/aromatic N) is 3. The highest BCUT2D eigenvalue weighted by Gasteiger charge is 2.18. The summed E-state index contributed by atoms with van der Waals surface area (Å²) in [5.74, 6) is -0.711. The van der Waals surface area contributed by atoms with Crippen molar-refractivity contribution in [3.8, 4) is 45.3 Å². The molecule has 0 aliphatic rings. The van der Waals surface area contributed by atoms with Crippen LogP contribution < -0.4 is 0 Å². The van der Waals surface area contributed by atoms with E-state index < -0.39 is 60.4 Å². The zero-order chi connectivity index (χ0) is 41.0. The second kappa shape index (κ2) is 11.0. The van der Waals surface area contributed by atoms with Gasteiger partial charge in [-0.2, -0.15) is 0 Å². The Morgan fingerprint density at radius 1 is 0.388 bits per heavy atom. The Morgan fingerprint density at radius 3 is 1.51 bits per heavy atom. The molecule has 0 atom stereocenters. The van der Waals surface area contributed by atoms with Crippen molar-refractivity contribution in [2.45, 2.75) is 0 Å². The van der Waals surface area contributed by atoms with E-state index in [1.54, 1.807) is 18.2 Å². The number of fused-ring (bicyclic) bond motifs is 9. The summed E-state index contributed by atoms with van der Waals surface area (Å²) in [6, 6.07) is 28.4. The van der Waals surface area contributed by atoms with E-state index in [0.717, 1.165) is 38.1 Å². The van der Waals surface area contributed by atoms with Crippen LogP contribution in [0.4, 0.5) is 0 Å². The van der Waals surface area contributed by atoms with Gasteiger partial charge >= 0.3 is 0 Å². The smallest absolute Gasteiger partial charge is 0.164 e. The molecule has 0 aliphatic heterocycles. The van der Waals surface area contributed by atoms with E-state index in [9.17, 15) is 0 Å². The van der Waals surface area contributed by atoms with Crippen LogP contribution in [-0.4, -0.2) is 15.0 Å². The van der Waals surface area contributed by atoms with Gasteiger partial charge in [0, 0.05) is 27.5 Å². The molecule has 0 saturated carbocycles. The molecule has 8 aromatic carbocycles. The van der Waals surface area contributed by atoms with Gasteiger partial charge in [0.1, 0.15) is 11.2 Å². The van der Waals surface area contributed by atoms with Crippen LogP contribution >= 0.6 is 0 Å². The molecule has 0 amide bonds. The minimum atomic E-state index is -0.613. The van der Waals surface area contributed by atoms with Gasteiger partial charge < -0.3 is 4.42 Å². The SMILES string of the molecule is [2H]c1c([2H])c([2H])c(-c2nc(-c3c([2H])c([2H])c([2H])c([2H])c3[2H])nc(-c3cccc4oc5ccc(-c6ccc7c8ccccc8c8ccccc8c7c6)cc5c34)n2)c([2H])c1[2H]. The van der Waals surface area contributed by atoms with E-state index in [4.69, 9.17) is 18.1 Å². The predicted molar refractivity (Wildman–Crippen MR) is 201 cm³/mol. The van der Waals surface area contributed by atoms with Crippen molar-refractivity contribution < 1.29 is 18.1 Å². The van der Waals surface area contributed by atoms with Crippen LogP contribution in [0.25, 0.3) is 99.5 Å². The molecule has 0 N–H and O–H groups in total. The average Bonchev–Trinajstić information content (AvgIpc) is 3.64. The van der Waals surface area contributed by atoms with Gasteiger partial charge in [0.2, 0.25) is 0 Å². The molecule has 0 bridgehead atoms. The summed E-state index contributed by atoms with van der Waals surface area (Å²) >= 11 is 0. The highest BCUT2D eigenvalue weighted by molar-refractivity contribution is 6.25. The number of hydrogen-bond donors (Lipinski definition) is 0. The molecule has 4 nitrogen and oxygen atoms in total. The van der Waals surface area contributed by atoms with Crippen LogP contribution in [0.3, 0.4) is 0 Å². The molecule has 0 radical (unpaired) electrons. The van der Waals surface area contributed by atoms with Crippen molar-refractivity contribution in [2.24, 2.45) is 0 Å². The summed E-state index contributed by atoms with van der Waals surface area (Å²) in [7, 11) is 0. The number of aromatic nitrogens is 3. The van der Waals surface area contributed by atoms with Crippen LogP contribution in [0.5, 0.6) is 0 Å². The zero-order valence-corrected chi connectivity index (χ0v) is 25.6. The second-order valence-corrected chi connectivity index (χ2v) is 11.6. The third-order valence-electron chi connectivity index (χ3n) is 8.90. The third-order valence-corrected chi connectivity index (χ3v) is 8.90. The second-order valence-electron chi connectivity index (χ2n) is 11.6. The van der Waals surface area contributed by atoms with Crippen molar-refractivity contribution >= 4 is 54.3 Å². The van der Waals surface area contributed by atoms with Gasteiger partial charge in [0.25, 0.3) is 0 Å². The molecular weight excluding hydrogens is 599 g/mol. The number of rotatable bonds is 4. The Balaban J connectivity index is 1.23. The van der Waals surface area contributed by atoms with E-state index >= 15 is 0 Å². The molecule has 0 fully saturated rings. The van der Waals surface area contributed by atoms with Gasteiger partial charge in [-0.3, -0.25) is 0 Å². The fourth-order valence-electron chi connectivity index (χ4n) is 6.72. The van der Waals surface area contributed by atoms with Crippen molar-refractivity contribution in [1.82, 2.24) is 15.0 Å². The fourth-order valence-corrected chi connectivity index (χ4v) is 6.72. The molecular formula is C45H27N3O. The summed E-state index contributed by atoms with van der Waals surface area (Å²) in [4.78, 5) is 13.8. The molecule has 49 heavy (non-hydrogen) atoms. The monoisotopic (exact) mass is 635 g/mol. The lowest BCUT2D eigenvalue weighted by atomic mass is 9.92. The van der Waals surface area contributed by atoms with Crippen LogP contribution in [0.15, 0.2) is 168 Å². The normalized spacial score (nSPS) is 14.5. The number of hydrogen-bond acceptors (Lipinski definition) is 4. The van der Waals surface area contributed by atoms with Gasteiger partial charge in [-0.1, -0.05) is 139 Å². The molecule has 4 heteroatoms. The molecule has 0 unspecified atom stereocenters. The van der Waals surface area contributed by atoms with Gasteiger partial charge in [-0.25, -0.2) is 15.0 Å². The van der Waals surface area contributed by atoms with Crippen molar-refractivity contribution in [2.75, 3.05) is 0 Å². The van der Waals surface area contributed by atoms with E-state index in [1.807, 2.05) is 36.4 Å². The largest absolute Gasteiger partial charge is 0.456 e. The zero-order valence-electron chi connectivity index (χ0n) is 35.6. The minimum Gasteiger partial charge on any atom is -0.456 e. The van der Waals surface area contributed by atoms with Gasteiger partial charge in [-0.15, -0.1) is 0 Å². The van der Waals surface area contributed by atoms with Crippen LogP contribution in [0.1, 0.15) is 13.7 Å². The van der Waals surface area contributed by atoms with Crippen molar-refractivity contribution in [1.29, 1.82) is 0 Å². The Labute approximate surface area is 296 Å². The standard InChI is InChI=1S/C45H27N3O/c1-3-12-28(13-4-1)43-46-44(29-14-5-2-6-15-29)48-45(47-43)37-20-11-21-41-42(37)39-27-31(23-25-40(39)49-41)30-22-24-36-34-18-8-7-16-32(34)33-17-9-10-19-35(33)38(36)26-30/h1-27H/i1D,2D,3D,4D,5D,6D,12D,13D,14D,15D. The molecule has 2 aromatic heterocycles. The van der Waals surface area contributed by atoms with E-state index in [1.165, 1.54) is 5.39 Å². The quantitative estimate of drug-likeness (QED) is 0.181. The molecule has 0 aliphatic carbocycles. The summed E-state index contributed by atoms with van der Waals surface area (Å²) in [6.45, 7) is 0. The topological polar surface area (TPSA) is 51.8 Å². The maximum absolute atomic E-state index is 8.71. The van der Waals surface area contributed by atoms with E-state index in [0.29, 0.717) is 27.5 Å². The Hall–Kier alpha value is -6.65. The average molecular weight is 636 g/mol. The van der Waals surface area contributed by atoms with Crippen LogP contribution in [0.2, 0.25) is 0 Å². The van der Waals surface area contributed by atoms with E-state index in [-0.39, 0.29) is 28.6 Å². The summed E-state index contributed by atoms with van der Waals surface area (Å²) in [6.07, 6.45) is 0. The number of benzene rings is 8. The summed E-state index contributed by atoms with van der Waals surface area (Å²) in [5, 5.41) is 8.22. The van der Waals surface area contributed by atoms with Crippen LogP contribution in [-0.2, 0) is 0 Å². The molecule has 2 heterocycles. The lowest BCUT2D eigenvalue weighted by Gasteiger charge is -2.12. The fraction of sp³-hybridized carbons (Fsp3) is 0. The Kier molecular flexibility index (Phi) is 4.31. The highest BCUT2D eigenvalue weighted by atomic mass is 16.3. The third kappa shape index (κ3) is 4.49. The van der Waals surface area contributed by atoms with Crippen molar-refractivity contribution in [3.63, 3.8) is 0 Å². The first-order valence-corrected chi connectivity index (χ1v) is 15.6. The Morgan fingerprint density at radius 2 is 0.898 bits per heavy atom. The van der Waals surface area contributed by atoms with E-state index in [2.05, 4.69) is 63.5 Å². The van der Waals surface area contributed by atoms with Gasteiger partial charge in [0.05, 0.1) is 13.7 Å². The summed E-state index contributed by atoms with van der Waals surface area (Å²) in [5.41, 5.74) is 2.67. The molecule has 10 rings (SSSR count). The highest BCUT2D eigenvalue weighted by Crippen LogP contribution is 2.40. The maximum atomic E-state index is 8.71. The van der Waals surface area contributed by atoms with Crippen molar-refractivity contribution in [3.05, 3.63) is 164 Å². The first kappa shape index (κ1) is 19.2. The predicted octanol–water partition coefficient (Wildman–Crippen LogP) is 11.9. The first-order valence-electron chi connectivity index (χ1n) is 20.6. The van der Waals surface area contributed by atoms with Gasteiger partial charge in [-0.05, 0) is 67.7 Å². The molecule has 10 aromatic rings.